The third-order valence-electron chi connectivity index (χ3n) is 1.85. The van der Waals surface area contributed by atoms with Crippen LogP contribution in [0.1, 0.15) is 5.76 Å². The van der Waals surface area contributed by atoms with E-state index in [9.17, 15) is 4.79 Å². The summed E-state index contributed by atoms with van der Waals surface area (Å²) in [6.45, 7) is 0.287. The molecule has 0 amide bonds. The molecule has 2 heterocycles. The molecule has 2 aromatic heterocycles. The molecule has 0 unspecified atom stereocenters. The molecule has 0 aromatic carbocycles. The fourth-order valence-corrected chi connectivity index (χ4v) is 1.41. The van der Waals surface area contributed by atoms with Crippen LogP contribution in [-0.4, -0.2) is 9.55 Å². The number of halogens is 2. The minimum Gasteiger partial charge on any atom is -0.467 e. The molecule has 0 fully saturated rings. The van der Waals surface area contributed by atoms with Crippen LogP contribution < -0.4 is 5.56 Å². The fourth-order valence-electron chi connectivity index (χ4n) is 1.13. The Kier molecular flexibility index (Phi) is 2.79. The zero-order valence-electron chi connectivity index (χ0n) is 7.48. The van der Waals surface area contributed by atoms with Gasteiger partial charge in [0.15, 0.2) is 5.15 Å². The lowest BCUT2D eigenvalue weighted by molar-refractivity contribution is 0.488. The SMILES string of the molecule is O=c1c(Cl)c(Cl)ncn1Cc1ccco1. The van der Waals surface area contributed by atoms with Gasteiger partial charge in [-0.05, 0) is 12.1 Å². The van der Waals surface area contributed by atoms with Crippen molar-refractivity contribution < 1.29 is 4.42 Å². The Labute approximate surface area is 95.1 Å². The van der Waals surface area contributed by atoms with Crippen molar-refractivity contribution in [1.82, 2.24) is 9.55 Å². The average Bonchev–Trinajstić information content (AvgIpc) is 2.72. The van der Waals surface area contributed by atoms with Crippen LogP contribution in [0.3, 0.4) is 0 Å². The van der Waals surface area contributed by atoms with E-state index in [2.05, 4.69) is 4.98 Å². The number of rotatable bonds is 2. The van der Waals surface area contributed by atoms with Crippen LogP contribution in [0.15, 0.2) is 33.9 Å². The van der Waals surface area contributed by atoms with Crippen molar-refractivity contribution in [3.63, 3.8) is 0 Å². The molecular weight excluding hydrogens is 239 g/mol. The minimum atomic E-state index is -0.381. The molecule has 0 bridgehead atoms. The van der Waals surface area contributed by atoms with Crippen molar-refractivity contribution in [2.24, 2.45) is 0 Å². The Hall–Kier alpha value is -1.26. The summed E-state index contributed by atoms with van der Waals surface area (Å²) in [5.74, 6) is 0.650. The first kappa shape index (κ1) is 10.3. The van der Waals surface area contributed by atoms with Crippen LogP contribution in [0.2, 0.25) is 10.2 Å². The predicted molar refractivity (Wildman–Crippen MR) is 56.3 cm³/mol. The molecule has 0 saturated carbocycles. The van der Waals surface area contributed by atoms with Gasteiger partial charge in [0.05, 0.1) is 19.1 Å². The van der Waals surface area contributed by atoms with Gasteiger partial charge >= 0.3 is 0 Å². The lowest BCUT2D eigenvalue weighted by Crippen LogP contribution is -2.21. The molecule has 78 valence electrons. The third-order valence-corrected chi connectivity index (χ3v) is 2.57. The monoisotopic (exact) mass is 244 g/mol. The number of hydrogen-bond acceptors (Lipinski definition) is 3. The quantitative estimate of drug-likeness (QED) is 0.762. The summed E-state index contributed by atoms with van der Waals surface area (Å²) in [6, 6.07) is 3.50. The second-order valence-corrected chi connectivity index (χ2v) is 3.60. The van der Waals surface area contributed by atoms with Crippen molar-refractivity contribution in [3.8, 4) is 0 Å². The molecule has 2 aromatic rings. The molecule has 0 aliphatic carbocycles. The highest BCUT2D eigenvalue weighted by Crippen LogP contribution is 2.13. The van der Waals surface area contributed by atoms with Gasteiger partial charge in [-0.3, -0.25) is 9.36 Å². The van der Waals surface area contributed by atoms with Gasteiger partial charge in [0, 0.05) is 0 Å². The summed E-state index contributed by atoms with van der Waals surface area (Å²) in [6.07, 6.45) is 2.87. The van der Waals surface area contributed by atoms with Crippen molar-refractivity contribution in [3.05, 3.63) is 51.0 Å². The number of aromatic nitrogens is 2. The van der Waals surface area contributed by atoms with E-state index in [1.54, 1.807) is 12.1 Å². The van der Waals surface area contributed by atoms with Gasteiger partial charge in [0.1, 0.15) is 10.8 Å². The van der Waals surface area contributed by atoms with Crippen LogP contribution in [0.25, 0.3) is 0 Å². The molecule has 0 radical (unpaired) electrons. The highest BCUT2D eigenvalue weighted by molar-refractivity contribution is 6.40. The van der Waals surface area contributed by atoms with Gasteiger partial charge in [0.25, 0.3) is 5.56 Å². The second kappa shape index (κ2) is 4.08. The van der Waals surface area contributed by atoms with E-state index in [-0.39, 0.29) is 22.3 Å². The van der Waals surface area contributed by atoms with Crippen LogP contribution in [0, 0.1) is 0 Å². The van der Waals surface area contributed by atoms with Crippen molar-refractivity contribution in [1.29, 1.82) is 0 Å². The van der Waals surface area contributed by atoms with Gasteiger partial charge in [-0.1, -0.05) is 23.2 Å². The Balaban J connectivity index is 2.38. The first-order valence-corrected chi connectivity index (χ1v) is 4.87. The van der Waals surface area contributed by atoms with Crippen molar-refractivity contribution >= 4 is 23.2 Å². The Bertz CT molecular complexity index is 519. The van der Waals surface area contributed by atoms with E-state index in [1.807, 2.05) is 0 Å². The lowest BCUT2D eigenvalue weighted by atomic mass is 10.4. The minimum absolute atomic E-state index is 0.0114. The van der Waals surface area contributed by atoms with Gasteiger partial charge < -0.3 is 4.42 Å². The molecule has 0 atom stereocenters. The molecule has 4 nitrogen and oxygen atoms in total. The summed E-state index contributed by atoms with van der Waals surface area (Å²) < 4.78 is 6.43. The van der Waals surface area contributed by atoms with Gasteiger partial charge in [-0.15, -0.1) is 0 Å². The Morgan fingerprint density at radius 3 is 2.93 bits per heavy atom. The van der Waals surface area contributed by atoms with E-state index in [1.165, 1.54) is 17.2 Å². The standard InChI is InChI=1S/C9H6Cl2N2O2/c10-7-8(11)12-5-13(9(7)14)4-6-2-1-3-15-6/h1-3,5H,4H2. The molecule has 0 saturated heterocycles. The highest BCUT2D eigenvalue weighted by atomic mass is 35.5. The van der Waals surface area contributed by atoms with E-state index in [4.69, 9.17) is 27.6 Å². The molecule has 0 N–H and O–H groups in total. The summed E-state index contributed by atoms with van der Waals surface area (Å²) in [5, 5.41) is -0.0666. The van der Waals surface area contributed by atoms with Crippen LogP contribution in [-0.2, 0) is 6.54 Å². The van der Waals surface area contributed by atoms with Crippen molar-refractivity contribution in [2.45, 2.75) is 6.54 Å². The van der Waals surface area contributed by atoms with Gasteiger partial charge in [-0.25, -0.2) is 4.98 Å². The first-order chi connectivity index (χ1) is 7.18. The maximum atomic E-state index is 11.6. The third kappa shape index (κ3) is 2.06. The topological polar surface area (TPSA) is 48.0 Å². The molecule has 6 heteroatoms. The molecular formula is C9H6Cl2N2O2. The molecule has 0 aliphatic rings. The van der Waals surface area contributed by atoms with Crippen LogP contribution in [0.5, 0.6) is 0 Å². The van der Waals surface area contributed by atoms with E-state index < -0.39 is 0 Å². The number of furan rings is 1. The van der Waals surface area contributed by atoms with Crippen LogP contribution in [0.4, 0.5) is 0 Å². The summed E-state index contributed by atoms with van der Waals surface area (Å²) in [4.78, 5) is 15.4. The maximum absolute atomic E-state index is 11.6. The number of nitrogens with zero attached hydrogens (tertiary/aromatic N) is 2. The lowest BCUT2D eigenvalue weighted by Gasteiger charge is -2.03. The summed E-state index contributed by atoms with van der Waals surface area (Å²) in [7, 11) is 0. The van der Waals surface area contributed by atoms with E-state index in [0.717, 1.165) is 0 Å². The molecule has 2 rings (SSSR count). The predicted octanol–water partition coefficient (Wildman–Crippen LogP) is 2.19. The maximum Gasteiger partial charge on any atom is 0.274 e. The number of hydrogen-bond donors (Lipinski definition) is 0. The Morgan fingerprint density at radius 1 is 1.47 bits per heavy atom. The molecule has 15 heavy (non-hydrogen) atoms. The van der Waals surface area contributed by atoms with Gasteiger partial charge in [-0.2, -0.15) is 0 Å². The fraction of sp³-hybridized carbons (Fsp3) is 0.111. The zero-order chi connectivity index (χ0) is 10.8. The van der Waals surface area contributed by atoms with Gasteiger partial charge in [0.2, 0.25) is 0 Å². The normalized spacial score (nSPS) is 10.5. The highest BCUT2D eigenvalue weighted by Gasteiger charge is 2.08. The second-order valence-electron chi connectivity index (χ2n) is 2.86. The first-order valence-electron chi connectivity index (χ1n) is 4.11. The summed E-state index contributed by atoms with van der Waals surface area (Å²) in [5.41, 5.74) is -0.381. The molecule has 0 aliphatic heterocycles. The molecule has 0 spiro atoms. The van der Waals surface area contributed by atoms with E-state index >= 15 is 0 Å². The smallest absolute Gasteiger partial charge is 0.274 e. The van der Waals surface area contributed by atoms with E-state index in [0.29, 0.717) is 5.76 Å². The zero-order valence-corrected chi connectivity index (χ0v) is 9.00. The largest absolute Gasteiger partial charge is 0.467 e. The average molecular weight is 245 g/mol. The summed E-state index contributed by atoms with van der Waals surface area (Å²) >= 11 is 11.3. The Morgan fingerprint density at radius 2 is 2.27 bits per heavy atom. The van der Waals surface area contributed by atoms with Crippen molar-refractivity contribution in [2.75, 3.05) is 0 Å². The van der Waals surface area contributed by atoms with Crippen LogP contribution >= 0.6 is 23.2 Å².